The van der Waals surface area contributed by atoms with Gasteiger partial charge in [-0.1, -0.05) is 43.6 Å². The summed E-state index contributed by atoms with van der Waals surface area (Å²) in [6.45, 7) is 6.25. The van der Waals surface area contributed by atoms with Gasteiger partial charge in [0.2, 0.25) is 5.89 Å². The van der Waals surface area contributed by atoms with Gasteiger partial charge < -0.3 is 9.26 Å². The maximum absolute atomic E-state index is 11.7. The quantitative estimate of drug-likeness (QED) is 0.593. The number of aromatic nitrogens is 3. The van der Waals surface area contributed by atoms with E-state index in [1.165, 1.54) is 0 Å². The third kappa shape index (κ3) is 5.63. The fourth-order valence-electron chi connectivity index (χ4n) is 1.77. The molecule has 0 aliphatic heterocycles. The monoisotopic (exact) mass is 337 g/mol. The van der Waals surface area contributed by atoms with Crippen molar-refractivity contribution in [2.75, 3.05) is 0 Å². The lowest BCUT2D eigenvalue weighted by atomic mass is 9.96. The number of ether oxygens (including phenoxy) is 1. The zero-order valence-electron chi connectivity index (χ0n) is 13.5. The van der Waals surface area contributed by atoms with Crippen LogP contribution in [0, 0.1) is 0 Å². The first kappa shape index (κ1) is 17.4. The minimum Gasteiger partial charge on any atom is -0.461 e. The maximum atomic E-state index is 11.7. The van der Waals surface area contributed by atoms with Gasteiger partial charge in [0.1, 0.15) is 11.8 Å². The molecule has 0 atom stereocenters. The molecule has 0 aliphatic carbocycles. The van der Waals surface area contributed by atoms with Gasteiger partial charge in [-0.15, -0.1) is 0 Å². The molecule has 2 rings (SSSR count). The molecule has 0 N–H and O–H groups in total. The van der Waals surface area contributed by atoms with Crippen LogP contribution in [0.25, 0.3) is 0 Å². The molecule has 0 aromatic carbocycles. The van der Waals surface area contributed by atoms with Gasteiger partial charge in [0.15, 0.2) is 5.82 Å². The van der Waals surface area contributed by atoms with Gasteiger partial charge in [-0.2, -0.15) is 4.98 Å². The predicted octanol–water partition coefficient (Wildman–Crippen LogP) is 3.48. The first-order valence-corrected chi connectivity index (χ1v) is 7.81. The van der Waals surface area contributed by atoms with Crippen molar-refractivity contribution >= 4 is 17.6 Å². The van der Waals surface area contributed by atoms with Crippen LogP contribution in [0.3, 0.4) is 0 Å². The molecule has 124 valence electrons. The summed E-state index contributed by atoms with van der Waals surface area (Å²) in [5.74, 6) is 0.949. The molecular formula is C16H20ClN3O3. The highest BCUT2D eigenvalue weighted by Crippen LogP contribution is 2.19. The summed E-state index contributed by atoms with van der Waals surface area (Å²) in [7, 11) is 0. The Balaban J connectivity index is 1.70. The summed E-state index contributed by atoms with van der Waals surface area (Å²) in [6, 6.07) is 3.43. The molecule has 0 unspecified atom stereocenters. The van der Waals surface area contributed by atoms with Crippen molar-refractivity contribution in [1.82, 2.24) is 15.1 Å². The van der Waals surface area contributed by atoms with Crippen LogP contribution in [-0.2, 0) is 28.0 Å². The van der Waals surface area contributed by atoms with Gasteiger partial charge in [-0.25, -0.2) is 4.98 Å². The largest absolute Gasteiger partial charge is 0.461 e. The van der Waals surface area contributed by atoms with Crippen molar-refractivity contribution in [2.45, 2.75) is 52.1 Å². The number of esters is 1. The van der Waals surface area contributed by atoms with Crippen molar-refractivity contribution in [3.8, 4) is 0 Å². The van der Waals surface area contributed by atoms with Gasteiger partial charge >= 0.3 is 5.97 Å². The summed E-state index contributed by atoms with van der Waals surface area (Å²) in [4.78, 5) is 20.0. The maximum Gasteiger partial charge on any atom is 0.306 e. The highest BCUT2D eigenvalue weighted by atomic mass is 35.5. The summed E-state index contributed by atoms with van der Waals surface area (Å²) in [5.41, 5.74) is 0.655. The van der Waals surface area contributed by atoms with Crippen LogP contribution in [0.1, 0.15) is 50.9 Å². The summed E-state index contributed by atoms with van der Waals surface area (Å²) < 4.78 is 10.4. The van der Waals surface area contributed by atoms with Gasteiger partial charge in [-0.05, 0) is 12.5 Å². The third-order valence-electron chi connectivity index (χ3n) is 3.10. The van der Waals surface area contributed by atoms with Crippen LogP contribution in [0.4, 0.5) is 0 Å². The SMILES string of the molecule is CC(C)(C)c1noc(CCCC(=O)OCc2ccc(Cl)nc2)n1. The molecule has 0 spiro atoms. The number of nitrogens with zero attached hydrogens (tertiary/aromatic N) is 3. The average molecular weight is 338 g/mol. The van der Waals surface area contributed by atoms with E-state index in [2.05, 4.69) is 15.1 Å². The summed E-state index contributed by atoms with van der Waals surface area (Å²) >= 11 is 5.69. The normalized spacial score (nSPS) is 11.5. The molecule has 0 fully saturated rings. The molecular weight excluding hydrogens is 318 g/mol. The molecule has 0 amide bonds. The fourth-order valence-corrected chi connectivity index (χ4v) is 1.88. The standard InChI is InChI=1S/C16H20ClN3O3/c1-16(2,3)15-19-13(23-20-15)5-4-6-14(21)22-10-11-7-8-12(17)18-9-11/h7-9H,4-6,10H2,1-3H3. The van der Waals surface area contributed by atoms with Crippen molar-refractivity contribution in [3.05, 3.63) is 40.8 Å². The molecule has 2 aromatic heterocycles. The Hall–Kier alpha value is -1.95. The second-order valence-corrected chi connectivity index (χ2v) is 6.65. The van der Waals surface area contributed by atoms with Crippen molar-refractivity contribution < 1.29 is 14.1 Å². The minimum atomic E-state index is -0.268. The number of rotatable bonds is 6. The molecule has 2 heterocycles. The lowest BCUT2D eigenvalue weighted by molar-refractivity contribution is -0.145. The first-order valence-electron chi connectivity index (χ1n) is 7.44. The van der Waals surface area contributed by atoms with E-state index in [9.17, 15) is 4.79 Å². The highest BCUT2D eigenvalue weighted by molar-refractivity contribution is 6.29. The van der Waals surface area contributed by atoms with E-state index in [0.717, 1.165) is 5.56 Å². The average Bonchev–Trinajstić information content (AvgIpc) is 2.96. The molecule has 0 saturated carbocycles. The molecule has 0 radical (unpaired) electrons. The molecule has 0 saturated heterocycles. The first-order chi connectivity index (χ1) is 10.8. The third-order valence-corrected chi connectivity index (χ3v) is 3.32. The van der Waals surface area contributed by atoms with E-state index in [1.807, 2.05) is 20.8 Å². The Labute approximate surface area is 140 Å². The van der Waals surface area contributed by atoms with E-state index < -0.39 is 0 Å². The number of hydrogen-bond acceptors (Lipinski definition) is 6. The lowest BCUT2D eigenvalue weighted by Gasteiger charge is -2.10. The topological polar surface area (TPSA) is 78.1 Å². The Morgan fingerprint density at radius 3 is 2.74 bits per heavy atom. The van der Waals surface area contributed by atoms with E-state index in [0.29, 0.717) is 36.1 Å². The van der Waals surface area contributed by atoms with Crippen LogP contribution < -0.4 is 0 Å². The Morgan fingerprint density at radius 2 is 2.13 bits per heavy atom. The summed E-state index contributed by atoms with van der Waals surface area (Å²) in [5, 5.41) is 4.36. The molecule has 7 heteroatoms. The van der Waals surface area contributed by atoms with Crippen molar-refractivity contribution in [1.29, 1.82) is 0 Å². The number of carbonyl (C=O) groups excluding carboxylic acids is 1. The number of aryl methyl sites for hydroxylation is 1. The Morgan fingerprint density at radius 1 is 1.35 bits per heavy atom. The Bertz CT molecular complexity index is 647. The van der Waals surface area contributed by atoms with Crippen molar-refractivity contribution in [2.24, 2.45) is 0 Å². The van der Waals surface area contributed by atoms with Crippen LogP contribution >= 0.6 is 11.6 Å². The number of hydrogen-bond donors (Lipinski definition) is 0. The zero-order valence-corrected chi connectivity index (χ0v) is 14.3. The molecule has 0 bridgehead atoms. The van der Waals surface area contributed by atoms with E-state index in [-0.39, 0.29) is 18.0 Å². The van der Waals surface area contributed by atoms with Gasteiger partial charge in [-0.3, -0.25) is 4.79 Å². The predicted molar refractivity (Wildman–Crippen MR) is 85.0 cm³/mol. The van der Waals surface area contributed by atoms with Crippen molar-refractivity contribution in [3.63, 3.8) is 0 Å². The second-order valence-electron chi connectivity index (χ2n) is 6.27. The number of carbonyl (C=O) groups is 1. The van der Waals surface area contributed by atoms with E-state index in [1.54, 1.807) is 18.3 Å². The van der Waals surface area contributed by atoms with Gasteiger partial charge in [0.25, 0.3) is 0 Å². The lowest BCUT2D eigenvalue weighted by Crippen LogP contribution is -2.13. The minimum absolute atomic E-state index is 0.146. The number of pyridine rings is 1. The molecule has 2 aromatic rings. The molecule has 0 aliphatic rings. The summed E-state index contributed by atoms with van der Waals surface area (Å²) in [6.07, 6.45) is 3.04. The zero-order chi connectivity index (χ0) is 16.9. The molecule has 6 nitrogen and oxygen atoms in total. The smallest absolute Gasteiger partial charge is 0.306 e. The Kier molecular flexibility index (Phi) is 5.71. The van der Waals surface area contributed by atoms with Crippen LogP contribution in [-0.4, -0.2) is 21.1 Å². The number of halogens is 1. The van der Waals surface area contributed by atoms with E-state index >= 15 is 0 Å². The second kappa shape index (κ2) is 7.55. The molecule has 23 heavy (non-hydrogen) atoms. The fraction of sp³-hybridized carbons (Fsp3) is 0.500. The van der Waals surface area contributed by atoms with Crippen LogP contribution in [0.2, 0.25) is 5.15 Å². The van der Waals surface area contributed by atoms with Gasteiger partial charge in [0.05, 0.1) is 0 Å². The van der Waals surface area contributed by atoms with Gasteiger partial charge in [0, 0.05) is 30.0 Å². The van der Waals surface area contributed by atoms with E-state index in [4.69, 9.17) is 20.9 Å². The highest BCUT2D eigenvalue weighted by Gasteiger charge is 2.20. The van der Waals surface area contributed by atoms with Crippen LogP contribution in [0.15, 0.2) is 22.9 Å². The van der Waals surface area contributed by atoms with Crippen LogP contribution in [0.5, 0.6) is 0 Å².